The molecule has 3 fully saturated rings. The molecule has 5 rings (SSSR count). The minimum Gasteiger partial charge on any atom is -0.496 e. The van der Waals surface area contributed by atoms with Crippen LogP contribution in [0.1, 0.15) is 59.3 Å². The van der Waals surface area contributed by atoms with Crippen molar-refractivity contribution < 1.29 is 27.5 Å². The largest absolute Gasteiger partial charge is 0.496 e. The smallest absolute Gasteiger partial charge is 0.246 e. The van der Waals surface area contributed by atoms with E-state index in [1.807, 2.05) is 50.4 Å². The van der Waals surface area contributed by atoms with Gasteiger partial charge in [-0.2, -0.15) is 0 Å². The average Bonchev–Trinajstić information content (AvgIpc) is 3.95. The molecule has 3 amide bonds. The number of thiazole rings is 1. The first-order valence-corrected chi connectivity index (χ1v) is 17.1. The third-order valence-corrected chi connectivity index (χ3v) is 9.75. The van der Waals surface area contributed by atoms with Crippen molar-refractivity contribution in [3.8, 4) is 29.9 Å². The van der Waals surface area contributed by atoms with E-state index in [2.05, 4.69) is 36.6 Å². The Morgan fingerprint density at radius 3 is 2.33 bits per heavy atom. The highest BCUT2D eigenvalue weighted by Gasteiger charge is 2.42. The van der Waals surface area contributed by atoms with Crippen molar-refractivity contribution in [2.45, 2.75) is 82.7 Å². The molecule has 2 aromatic rings. The summed E-state index contributed by atoms with van der Waals surface area (Å²) < 4.78 is 28.5. The molecule has 45 heavy (non-hydrogen) atoms. The predicted octanol–water partition coefficient (Wildman–Crippen LogP) is 4.19. The van der Waals surface area contributed by atoms with Crippen LogP contribution in [0.2, 0.25) is 0 Å². The lowest BCUT2D eigenvalue weighted by Crippen LogP contribution is -2.54. The fourth-order valence-electron chi connectivity index (χ4n) is 4.63. The van der Waals surface area contributed by atoms with Crippen LogP contribution < -0.4 is 20.1 Å². The highest BCUT2D eigenvalue weighted by molar-refractivity contribution is 7.90. The summed E-state index contributed by atoms with van der Waals surface area (Å²) >= 11 is 1.46. The van der Waals surface area contributed by atoms with Crippen LogP contribution in [-0.2, 0) is 24.4 Å². The molecule has 2 heterocycles. The number of benzene rings is 1. The van der Waals surface area contributed by atoms with Crippen molar-refractivity contribution in [3.63, 3.8) is 0 Å². The van der Waals surface area contributed by atoms with Gasteiger partial charge in [-0.3, -0.25) is 19.1 Å². The number of sulfonamides is 1. The second kappa shape index (κ2) is 17.0. The minimum atomic E-state index is -3.26. The molecule has 3 aliphatic rings. The molecule has 1 aromatic carbocycles. The molecular formula is C32H45N5O6S2. The van der Waals surface area contributed by atoms with Gasteiger partial charge in [0.15, 0.2) is 5.13 Å². The van der Waals surface area contributed by atoms with Crippen molar-refractivity contribution in [3.05, 3.63) is 42.8 Å². The Morgan fingerprint density at radius 2 is 1.78 bits per heavy atom. The monoisotopic (exact) mass is 659 g/mol. The number of carbonyl (C=O) groups excluding carboxylic acids is 3. The summed E-state index contributed by atoms with van der Waals surface area (Å²) in [5, 5.41) is 8.78. The van der Waals surface area contributed by atoms with Gasteiger partial charge in [0.05, 0.1) is 18.1 Å². The van der Waals surface area contributed by atoms with Crippen molar-refractivity contribution in [2.75, 3.05) is 19.0 Å². The summed E-state index contributed by atoms with van der Waals surface area (Å²) in [6, 6.07) is 7.17. The molecule has 0 unspecified atom stereocenters. The van der Waals surface area contributed by atoms with E-state index in [9.17, 15) is 22.8 Å². The van der Waals surface area contributed by atoms with Crippen molar-refractivity contribution >= 4 is 44.7 Å². The van der Waals surface area contributed by atoms with Gasteiger partial charge in [-0.15, -0.1) is 37.3 Å². The topological polar surface area (TPSA) is 147 Å². The van der Waals surface area contributed by atoms with Crippen LogP contribution in [-0.4, -0.2) is 73.6 Å². The van der Waals surface area contributed by atoms with Gasteiger partial charge >= 0.3 is 0 Å². The van der Waals surface area contributed by atoms with Crippen molar-refractivity contribution in [1.29, 1.82) is 0 Å². The quantitative estimate of drug-likeness (QED) is 0.196. The van der Waals surface area contributed by atoms with Gasteiger partial charge in [-0.05, 0) is 56.1 Å². The Bertz CT molecular complexity index is 1410. The molecule has 11 nitrogen and oxygen atoms in total. The summed E-state index contributed by atoms with van der Waals surface area (Å²) in [6.07, 6.45) is 13.2. The van der Waals surface area contributed by atoms with Crippen LogP contribution in [0.15, 0.2) is 42.8 Å². The molecule has 3 N–H and O–H groups in total. The number of para-hydroxylation sites is 1. The number of nitrogens with one attached hydrogen (secondary N) is 3. The number of nitrogens with zero attached hydrogens (tertiary/aromatic N) is 2. The number of hydrogen-bond donors (Lipinski definition) is 3. The number of likely N-dealkylation sites (tertiary alicyclic amines) is 1. The lowest BCUT2D eigenvalue weighted by Gasteiger charge is -2.35. The zero-order valence-corrected chi connectivity index (χ0v) is 28.1. The molecule has 2 saturated carbocycles. The maximum absolute atomic E-state index is 13.6. The molecule has 13 heteroatoms. The van der Waals surface area contributed by atoms with Crippen molar-refractivity contribution in [2.24, 2.45) is 5.41 Å². The second-order valence-corrected chi connectivity index (χ2v) is 14.5. The number of aromatic nitrogens is 1. The Balaban J connectivity index is 0.000000458. The second-order valence-electron chi connectivity index (χ2n) is 11.6. The molecule has 246 valence electrons. The maximum atomic E-state index is 13.6. The standard InChI is InChI=1S/C24H32N4O3S.C4H7NO3S.C2H4.C2H2/c1-24(2,3)20(22(30)28-13-7-9-18(28)21(29)25-15-11-12-15)27-23-26-17(14-32-23)16-8-5-6-10-19(16)31-4;6-3-5-9(7,8)4-1-2-4;2*1-2/h5-6,8,10,14-15,18,20H,7,9,11-13H2,1-4H3,(H,25,29)(H,26,27);3-4H,1-2H2,(H,5,6);1-2H2;1-2H/t18-,20+;;;/m0.../s1. The van der Waals surface area contributed by atoms with Gasteiger partial charge in [0.2, 0.25) is 28.2 Å². The van der Waals surface area contributed by atoms with Gasteiger partial charge in [0, 0.05) is 23.5 Å². The normalized spacial score (nSPS) is 17.8. The molecule has 0 bridgehead atoms. The van der Waals surface area contributed by atoms with E-state index < -0.39 is 16.1 Å². The summed E-state index contributed by atoms with van der Waals surface area (Å²) in [4.78, 5) is 42.5. The number of carbonyl (C=O) groups is 3. The molecule has 0 radical (unpaired) electrons. The number of rotatable bonds is 10. The molecule has 2 atom stereocenters. The zero-order chi connectivity index (χ0) is 33.8. The number of methoxy groups -OCH3 is 1. The number of hydrogen-bond acceptors (Lipinski definition) is 9. The van der Waals surface area contributed by atoms with E-state index in [1.165, 1.54) is 11.3 Å². The number of terminal acetylenes is 1. The van der Waals surface area contributed by atoms with Crippen LogP contribution in [0.25, 0.3) is 11.3 Å². The van der Waals surface area contributed by atoms with Gasteiger partial charge in [0.1, 0.15) is 17.8 Å². The molecular weight excluding hydrogens is 615 g/mol. The van der Waals surface area contributed by atoms with Gasteiger partial charge < -0.3 is 20.3 Å². The number of amides is 3. The lowest BCUT2D eigenvalue weighted by atomic mass is 9.85. The Morgan fingerprint density at radius 1 is 1.13 bits per heavy atom. The predicted molar refractivity (Wildman–Crippen MR) is 179 cm³/mol. The van der Waals surface area contributed by atoms with Gasteiger partial charge in [0.25, 0.3) is 0 Å². The summed E-state index contributed by atoms with van der Waals surface area (Å²) in [5.41, 5.74) is 1.36. The summed E-state index contributed by atoms with van der Waals surface area (Å²) in [7, 11) is -1.61. The SMILES string of the molecule is C#C.C=C.COc1ccccc1-c1csc(N[C@H](C(=O)N2CCC[C@H]2C(=O)NC2CC2)C(C)(C)C)n1.O=CNS(=O)(=O)C1CC1. The Labute approximate surface area is 271 Å². The van der Waals surface area contributed by atoms with E-state index in [0.717, 1.165) is 42.7 Å². The Kier molecular flexibility index (Phi) is 14.1. The van der Waals surface area contributed by atoms with E-state index in [-0.39, 0.29) is 34.9 Å². The van der Waals surface area contributed by atoms with Crippen LogP contribution in [0.3, 0.4) is 0 Å². The lowest BCUT2D eigenvalue weighted by molar-refractivity contribution is -0.140. The zero-order valence-electron chi connectivity index (χ0n) is 26.5. The average molecular weight is 660 g/mol. The van der Waals surface area contributed by atoms with Crippen LogP contribution in [0.4, 0.5) is 5.13 Å². The van der Waals surface area contributed by atoms with Crippen molar-refractivity contribution in [1.82, 2.24) is 19.9 Å². The maximum Gasteiger partial charge on any atom is 0.246 e. The molecule has 1 aliphatic heterocycles. The first kappa shape index (κ1) is 37.3. The number of anilines is 1. The highest BCUT2D eigenvalue weighted by Crippen LogP contribution is 2.34. The van der Waals surface area contributed by atoms with E-state index in [0.29, 0.717) is 30.6 Å². The fraction of sp³-hybridized carbons (Fsp3) is 0.500. The third-order valence-electron chi connectivity index (χ3n) is 7.21. The summed E-state index contributed by atoms with van der Waals surface area (Å²) in [6.45, 7) is 12.7. The fourth-order valence-corrected chi connectivity index (χ4v) is 6.45. The molecule has 2 aliphatic carbocycles. The summed E-state index contributed by atoms with van der Waals surface area (Å²) in [5.74, 6) is 0.702. The third kappa shape index (κ3) is 10.6. The van der Waals surface area contributed by atoms with Crippen LogP contribution in [0.5, 0.6) is 5.75 Å². The van der Waals surface area contributed by atoms with E-state index in [1.54, 1.807) is 16.7 Å². The van der Waals surface area contributed by atoms with E-state index in [4.69, 9.17) is 9.72 Å². The first-order chi connectivity index (χ1) is 21.4. The van der Waals surface area contributed by atoms with Crippen LogP contribution >= 0.6 is 11.3 Å². The highest BCUT2D eigenvalue weighted by atomic mass is 32.2. The van der Waals surface area contributed by atoms with Crippen LogP contribution in [0, 0.1) is 18.3 Å². The number of ether oxygens (including phenoxy) is 1. The first-order valence-electron chi connectivity index (χ1n) is 14.7. The minimum absolute atomic E-state index is 0.0151. The molecule has 1 aromatic heterocycles. The van der Waals surface area contributed by atoms with Gasteiger partial charge in [-0.1, -0.05) is 32.9 Å². The Hall–Kier alpha value is -3.89. The molecule has 0 spiro atoms. The molecule has 1 saturated heterocycles. The van der Waals surface area contributed by atoms with E-state index >= 15 is 0 Å². The van der Waals surface area contributed by atoms with Gasteiger partial charge in [-0.25, -0.2) is 13.4 Å².